The zero-order valence-corrected chi connectivity index (χ0v) is 18.5. The number of anilines is 1. The van der Waals surface area contributed by atoms with E-state index in [0.29, 0.717) is 29.1 Å². The Kier molecular flexibility index (Phi) is 9.08. The fourth-order valence-corrected chi connectivity index (χ4v) is 2.72. The maximum absolute atomic E-state index is 11.5. The van der Waals surface area contributed by atoms with Crippen LogP contribution in [0.1, 0.15) is 37.8 Å². The predicted molar refractivity (Wildman–Crippen MR) is 125 cm³/mol. The average molecular weight is 429 g/mol. The third kappa shape index (κ3) is 7.36. The van der Waals surface area contributed by atoms with Crippen LogP contribution in [0.2, 0.25) is 0 Å². The number of carbonyl (C=O) groups excluding carboxylic acids is 1. The number of amides is 1. The SMILES string of the molecule is CCNC(=O)COc1ccc(/C=N/NC(=S)Nc2ccc(C(C)C)cc2)cc1OC. The van der Waals surface area contributed by atoms with Crippen LogP contribution in [0.3, 0.4) is 0 Å². The summed E-state index contributed by atoms with van der Waals surface area (Å²) >= 11 is 5.27. The number of likely N-dealkylation sites (N-methyl/N-ethyl adjacent to an activating group) is 1. The second-order valence-electron chi connectivity index (χ2n) is 6.75. The summed E-state index contributed by atoms with van der Waals surface area (Å²) in [6, 6.07) is 13.4. The van der Waals surface area contributed by atoms with Gasteiger partial charge in [-0.15, -0.1) is 0 Å². The van der Waals surface area contributed by atoms with Gasteiger partial charge in [0.15, 0.2) is 23.2 Å². The molecule has 0 bridgehead atoms. The van der Waals surface area contributed by atoms with Crippen molar-refractivity contribution < 1.29 is 14.3 Å². The summed E-state index contributed by atoms with van der Waals surface area (Å²) in [5.41, 5.74) is 5.73. The molecule has 0 radical (unpaired) electrons. The number of rotatable bonds is 9. The van der Waals surface area contributed by atoms with Gasteiger partial charge in [-0.05, 0) is 66.5 Å². The number of nitrogens with one attached hydrogen (secondary N) is 3. The van der Waals surface area contributed by atoms with E-state index in [0.717, 1.165) is 11.3 Å². The van der Waals surface area contributed by atoms with Crippen molar-refractivity contribution in [2.75, 3.05) is 25.6 Å². The van der Waals surface area contributed by atoms with E-state index in [1.54, 1.807) is 18.3 Å². The summed E-state index contributed by atoms with van der Waals surface area (Å²) in [6.45, 7) is 6.64. The molecule has 2 aromatic carbocycles. The molecule has 8 heteroatoms. The third-order valence-electron chi connectivity index (χ3n) is 4.14. The molecule has 160 valence electrons. The van der Waals surface area contributed by atoms with E-state index in [-0.39, 0.29) is 12.5 Å². The molecule has 0 spiro atoms. The molecule has 0 atom stereocenters. The summed E-state index contributed by atoms with van der Waals surface area (Å²) in [7, 11) is 1.54. The molecule has 30 heavy (non-hydrogen) atoms. The van der Waals surface area contributed by atoms with Crippen LogP contribution in [0, 0.1) is 0 Å². The molecule has 0 aliphatic rings. The Labute approximate surface area is 182 Å². The van der Waals surface area contributed by atoms with E-state index in [1.807, 2.05) is 25.1 Å². The van der Waals surface area contributed by atoms with Gasteiger partial charge in [0.05, 0.1) is 13.3 Å². The van der Waals surface area contributed by atoms with Gasteiger partial charge >= 0.3 is 0 Å². The maximum Gasteiger partial charge on any atom is 0.257 e. The Hall–Kier alpha value is -3.13. The van der Waals surface area contributed by atoms with Crippen LogP contribution in [-0.2, 0) is 4.79 Å². The first-order valence-corrected chi connectivity index (χ1v) is 10.1. The van der Waals surface area contributed by atoms with Crippen molar-refractivity contribution in [2.24, 2.45) is 5.10 Å². The molecule has 0 aromatic heterocycles. The van der Waals surface area contributed by atoms with Gasteiger partial charge in [-0.1, -0.05) is 26.0 Å². The van der Waals surface area contributed by atoms with E-state index >= 15 is 0 Å². The molecule has 0 aliphatic carbocycles. The second-order valence-corrected chi connectivity index (χ2v) is 7.16. The number of ether oxygens (including phenoxy) is 2. The molecular weight excluding hydrogens is 400 g/mol. The van der Waals surface area contributed by atoms with Crippen molar-refractivity contribution >= 4 is 35.1 Å². The highest BCUT2D eigenvalue weighted by Crippen LogP contribution is 2.27. The lowest BCUT2D eigenvalue weighted by atomic mass is 10.0. The van der Waals surface area contributed by atoms with E-state index in [9.17, 15) is 4.79 Å². The van der Waals surface area contributed by atoms with Gasteiger partial charge in [-0.3, -0.25) is 10.2 Å². The number of benzene rings is 2. The fraction of sp³-hybridized carbons (Fsp3) is 0.318. The zero-order valence-electron chi connectivity index (χ0n) is 17.7. The Morgan fingerprint density at radius 2 is 1.90 bits per heavy atom. The minimum atomic E-state index is -0.186. The summed E-state index contributed by atoms with van der Waals surface area (Å²) in [4.78, 5) is 11.5. The van der Waals surface area contributed by atoms with Crippen LogP contribution in [0.5, 0.6) is 11.5 Å². The quantitative estimate of drug-likeness (QED) is 0.321. The van der Waals surface area contributed by atoms with E-state index in [4.69, 9.17) is 21.7 Å². The highest BCUT2D eigenvalue weighted by molar-refractivity contribution is 7.80. The number of nitrogens with zero attached hydrogens (tertiary/aromatic N) is 1. The molecular formula is C22H28N4O3S. The number of carbonyl (C=O) groups is 1. The molecule has 2 rings (SSSR count). The maximum atomic E-state index is 11.5. The van der Waals surface area contributed by atoms with Crippen LogP contribution in [0.25, 0.3) is 0 Å². The van der Waals surface area contributed by atoms with Crippen molar-refractivity contribution in [3.05, 3.63) is 53.6 Å². The lowest BCUT2D eigenvalue weighted by Crippen LogP contribution is -2.28. The molecule has 0 aliphatic heterocycles. The van der Waals surface area contributed by atoms with E-state index < -0.39 is 0 Å². The molecule has 0 saturated carbocycles. The first-order valence-electron chi connectivity index (χ1n) is 9.70. The number of hydrogen-bond acceptors (Lipinski definition) is 5. The normalized spacial score (nSPS) is 10.7. The Balaban J connectivity index is 1.90. The third-order valence-corrected chi connectivity index (χ3v) is 4.33. The van der Waals surface area contributed by atoms with Gasteiger partial charge in [0.25, 0.3) is 5.91 Å². The van der Waals surface area contributed by atoms with E-state index in [1.165, 1.54) is 12.7 Å². The van der Waals surface area contributed by atoms with Crippen molar-refractivity contribution in [3.63, 3.8) is 0 Å². The van der Waals surface area contributed by atoms with Crippen LogP contribution in [0.15, 0.2) is 47.6 Å². The fourth-order valence-electron chi connectivity index (χ4n) is 2.55. The summed E-state index contributed by atoms with van der Waals surface area (Å²) < 4.78 is 10.8. The van der Waals surface area contributed by atoms with Gasteiger partial charge in [-0.2, -0.15) is 5.10 Å². The largest absolute Gasteiger partial charge is 0.493 e. The second kappa shape index (κ2) is 11.8. The van der Waals surface area contributed by atoms with Crippen molar-refractivity contribution in [2.45, 2.75) is 26.7 Å². The molecule has 0 heterocycles. The number of hydrogen-bond donors (Lipinski definition) is 3. The molecule has 3 N–H and O–H groups in total. The minimum Gasteiger partial charge on any atom is -0.493 e. The summed E-state index contributed by atoms with van der Waals surface area (Å²) in [6.07, 6.45) is 1.62. The number of thiocarbonyl (C=S) groups is 1. The zero-order chi connectivity index (χ0) is 21.9. The average Bonchev–Trinajstić information content (AvgIpc) is 2.73. The lowest BCUT2D eigenvalue weighted by molar-refractivity contribution is -0.123. The first kappa shape index (κ1) is 23.2. The summed E-state index contributed by atoms with van der Waals surface area (Å²) in [5, 5.41) is 10.3. The molecule has 7 nitrogen and oxygen atoms in total. The predicted octanol–water partition coefficient (Wildman–Crippen LogP) is 3.65. The van der Waals surface area contributed by atoms with Gasteiger partial charge < -0.3 is 20.1 Å². The van der Waals surface area contributed by atoms with Crippen LogP contribution in [0.4, 0.5) is 5.69 Å². The lowest BCUT2D eigenvalue weighted by Gasteiger charge is -2.11. The van der Waals surface area contributed by atoms with Crippen LogP contribution < -0.4 is 25.5 Å². The smallest absolute Gasteiger partial charge is 0.257 e. The highest BCUT2D eigenvalue weighted by Gasteiger charge is 2.08. The molecule has 2 aromatic rings. The van der Waals surface area contributed by atoms with Gasteiger partial charge in [0.2, 0.25) is 0 Å². The van der Waals surface area contributed by atoms with E-state index in [2.05, 4.69) is 47.1 Å². The van der Waals surface area contributed by atoms with Crippen LogP contribution >= 0.6 is 12.2 Å². The summed E-state index contributed by atoms with van der Waals surface area (Å²) in [5.74, 6) is 1.29. The highest BCUT2D eigenvalue weighted by atomic mass is 32.1. The Bertz CT molecular complexity index is 882. The number of hydrazone groups is 1. The molecule has 0 fully saturated rings. The molecule has 0 unspecified atom stereocenters. The van der Waals surface area contributed by atoms with Crippen molar-refractivity contribution in [1.82, 2.24) is 10.7 Å². The Morgan fingerprint density at radius 1 is 1.17 bits per heavy atom. The van der Waals surface area contributed by atoms with Gasteiger partial charge in [-0.25, -0.2) is 0 Å². The first-order chi connectivity index (χ1) is 14.4. The van der Waals surface area contributed by atoms with Crippen LogP contribution in [-0.4, -0.2) is 37.5 Å². The minimum absolute atomic E-state index is 0.0721. The molecule has 0 saturated heterocycles. The molecule has 1 amide bonds. The standard InChI is InChI=1S/C22H28N4O3S/c1-5-23-21(27)14-29-19-11-6-16(12-20(19)28-4)13-24-26-22(30)25-18-9-7-17(8-10-18)15(2)3/h6-13,15H,5,14H2,1-4H3,(H,23,27)(H2,25,26,30)/b24-13+. The van der Waals surface area contributed by atoms with Gasteiger partial charge in [0.1, 0.15) is 0 Å². The topological polar surface area (TPSA) is 84.0 Å². The monoisotopic (exact) mass is 428 g/mol. The number of methoxy groups -OCH3 is 1. The Morgan fingerprint density at radius 3 is 2.53 bits per heavy atom. The van der Waals surface area contributed by atoms with Crippen molar-refractivity contribution in [3.8, 4) is 11.5 Å². The van der Waals surface area contributed by atoms with Crippen molar-refractivity contribution in [1.29, 1.82) is 0 Å². The van der Waals surface area contributed by atoms with Gasteiger partial charge in [0, 0.05) is 12.2 Å².